The van der Waals surface area contributed by atoms with Crippen molar-refractivity contribution < 1.29 is 18.3 Å². The van der Waals surface area contributed by atoms with Gasteiger partial charge in [0.25, 0.3) is 0 Å². The second-order valence-corrected chi connectivity index (χ2v) is 7.25. The first-order valence-electron chi connectivity index (χ1n) is 5.73. The van der Waals surface area contributed by atoms with Gasteiger partial charge in [-0.15, -0.1) is 0 Å². The Balaban J connectivity index is 3.31. The number of halogens is 2. The van der Waals surface area contributed by atoms with E-state index in [4.69, 9.17) is 0 Å². The molecular weight excluding hydrogens is 416 g/mol. The molecule has 1 rings (SSSR count). The van der Waals surface area contributed by atoms with Gasteiger partial charge < -0.3 is 5.11 Å². The van der Waals surface area contributed by atoms with Crippen LogP contribution in [0.15, 0.2) is 21.1 Å². The van der Waals surface area contributed by atoms with Gasteiger partial charge in [0.15, 0.2) is 0 Å². The molecule has 9 heteroatoms. The second kappa shape index (κ2) is 6.88. The molecule has 0 radical (unpaired) electrons. The van der Waals surface area contributed by atoms with Crippen LogP contribution in [0.2, 0.25) is 0 Å². The fourth-order valence-corrected chi connectivity index (χ4v) is 4.35. The highest BCUT2D eigenvalue weighted by molar-refractivity contribution is 9.11. The minimum absolute atomic E-state index is 0.00704. The number of anilines is 1. The molecule has 0 fully saturated rings. The first kappa shape index (κ1) is 17.4. The molecule has 0 spiro atoms. The minimum Gasteiger partial charge on any atom is -0.478 e. The molecule has 0 aliphatic heterocycles. The molecule has 0 bridgehead atoms. The van der Waals surface area contributed by atoms with Crippen molar-refractivity contribution in [3.63, 3.8) is 0 Å². The minimum atomic E-state index is -3.79. The average Bonchev–Trinajstić information content (AvgIpc) is 2.33. The van der Waals surface area contributed by atoms with Crippen LogP contribution in [-0.4, -0.2) is 36.9 Å². The van der Waals surface area contributed by atoms with E-state index in [2.05, 4.69) is 36.6 Å². The number of hydrogen-bond acceptors (Lipinski definition) is 3. The number of carboxylic acid groups (broad SMARTS) is 1. The maximum absolute atomic E-state index is 12.2. The molecule has 2 N–H and O–H groups in total. The molecule has 0 unspecified atom stereocenters. The van der Waals surface area contributed by atoms with Crippen molar-refractivity contribution in [1.82, 2.24) is 4.31 Å². The van der Waals surface area contributed by atoms with Crippen LogP contribution >= 0.6 is 31.9 Å². The number of carboxylic acids is 1. The third-order valence-electron chi connectivity index (χ3n) is 2.56. The molecule has 20 heavy (non-hydrogen) atoms. The molecule has 1 aromatic rings. The molecule has 0 heterocycles. The molecule has 0 aliphatic rings. The standard InChI is InChI=1S/C11H14Br2N2O4S/c1-3-15(4-2)20(18,19)14-10-8(11(16)17)5-7(12)6-9(10)13/h5-6,14H,3-4H2,1-2H3,(H,16,17). The number of nitrogens with one attached hydrogen (secondary N) is 1. The predicted molar refractivity (Wildman–Crippen MR) is 84.3 cm³/mol. The van der Waals surface area contributed by atoms with Gasteiger partial charge in [-0.1, -0.05) is 29.8 Å². The van der Waals surface area contributed by atoms with Crippen LogP contribution in [0.5, 0.6) is 0 Å². The summed E-state index contributed by atoms with van der Waals surface area (Å²) in [7, 11) is -3.79. The zero-order valence-corrected chi connectivity index (χ0v) is 14.8. The van der Waals surface area contributed by atoms with Gasteiger partial charge in [0, 0.05) is 22.0 Å². The summed E-state index contributed by atoms with van der Waals surface area (Å²) in [6, 6.07) is 2.92. The third-order valence-corrected chi connectivity index (χ3v) is 5.30. The van der Waals surface area contributed by atoms with E-state index >= 15 is 0 Å². The van der Waals surface area contributed by atoms with E-state index in [1.54, 1.807) is 19.9 Å². The highest BCUT2D eigenvalue weighted by atomic mass is 79.9. The van der Waals surface area contributed by atoms with Crippen LogP contribution in [0.25, 0.3) is 0 Å². The van der Waals surface area contributed by atoms with Crippen LogP contribution < -0.4 is 4.72 Å². The molecule has 0 amide bonds. The Morgan fingerprint density at radius 3 is 2.30 bits per heavy atom. The molecule has 0 atom stereocenters. The highest BCUT2D eigenvalue weighted by Crippen LogP contribution is 2.32. The fourth-order valence-electron chi connectivity index (χ4n) is 1.60. The first-order chi connectivity index (χ1) is 9.22. The van der Waals surface area contributed by atoms with E-state index in [-0.39, 0.29) is 11.3 Å². The van der Waals surface area contributed by atoms with E-state index in [9.17, 15) is 18.3 Å². The Kier molecular flexibility index (Phi) is 5.99. The normalized spacial score (nSPS) is 11.7. The molecule has 0 saturated carbocycles. The molecular formula is C11H14Br2N2O4S. The zero-order chi connectivity index (χ0) is 15.5. The van der Waals surface area contributed by atoms with Gasteiger partial charge in [0.1, 0.15) is 0 Å². The van der Waals surface area contributed by atoms with Crippen molar-refractivity contribution >= 4 is 53.7 Å². The van der Waals surface area contributed by atoms with Crippen molar-refractivity contribution in [1.29, 1.82) is 0 Å². The van der Waals surface area contributed by atoms with Crippen molar-refractivity contribution in [3.8, 4) is 0 Å². The zero-order valence-electron chi connectivity index (χ0n) is 10.9. The number of carbonyl (C=O) groups is 1. The molecule has 6 nitrogen and oxygen atoms in total. The summed E-state index contributed by atoms with van der Waals surface area (Å²) >= 11 is 6.34. The Bertz CT molecular complexity index is 615. The quantitative estimate of drug-likeness (QED) is 0.727. The van der Waals surface area contributed by atoms with Crippen LogP contribution in [0.4, 0.5) is 5.69 Å². The van der Waals surface area contributed by atoms with E-state index < -0.39 is 16.2 Å². The van der Waals surface area contributed by atoms with Gasteiger partial charge in [-0.25, -0.2) is 4.79 Å². The number of rotatable bonds is 6. The predicted octanol–water partition coefficient (Wildman–Crippen LogP) is 2.91. The molecule has 0 saturated heterocycles. The van der Waals surface area contributed by atoms with Crippen molar-refractivity contribution in [2.75, 3.05) is 17.8 Å². The van der Waals surface area contributed by atoms with Gasteiger partial charge in [-0.2, -0.15) is 12.7 Å². The summed E-state index contributed by atoms with van der Waals surface area (Å²) in [4.78, 5) is 11.2. The smallest absolute Gasteiger partial charge is 0.337 e. The SMILES string of the molecule is CCN(CC)S(=O)(=O)Nc1c(Br)cc(Br)cc1C(=O)O. The summed E-state index contributed by atoms with van der Waals surface area (Å²) < 4.78 is 28.7. The summed E-state index contributed by atoms with van der Waals surface area (Å²) in [5.41, 5.74) is -0.130. The number of benzene rings is 1. The Labute approximate surface area is 134 Å². The lowest BCUT2D eigenvalue weighted by molar-refractivity contribution is 0.0698. The van der Waals surface area contributed by atoms with Gasteiger partial charge in [0.2, 0.25) is 0 Å². The Morgan fingerprint density at radius 1 is 1.30 bits per heavy atom. The summed E-state index contributed by atoms with van der Waals surface area (Å²) in [6.07, 6.45) is 0. The van der Waals surface area contributed by atoms with Gasteiger partial charge in [-0.3, -0.25) is 4.72 Å². The molecule has 112 valence electrons. The monoisotopic (exact) mass is 428 g/mol. The first-order valence-corrected chi connectivity index (χ1v) is 8.75. The van der Waals surface area contributed by atoms with Crippen molar-refractivity contribution in [2.45, 2.75) is 13.8 Å². The number of hydrogen-bond donors (Lipinski definition) is 2. The molecule has 1 aromatic carbocycles. The topological polar surface area (TPSA) is 86.7 Å². The third kappa shape index (κ3) is 3.94. The number of nitrogens with zero attached hydrogens (tertiary/aromatic N) is 1. The van der Waals surface area contributed by atoms with Crippen LogP contribution in [0, 0.1) is 0 Å². The maximum Gasteiger partial charge on any atom is 0.337 e. The number of aromatic carboxylic acids is 1. The van der Waals surface area contributed by atoms with Crippen LogP contribution in [0.1, 0.15) is 24.2 Å². The molecule has 0 aromatic heterocycles. The highest BCUT2D eigenvalue weighted by Gasteiger charge is 2.23. The Morgan fingerprint density at radius 2 is 1.85 bits per heavy atom. The lowest BCUT2D eigenvalue weighted by Crippen LogP contribution is -2.36. The summed E-state index contributed by atoms with van der Waals surface area (Å²) in [5.74, 6) is -1.22. The Hall–Kier alpha value is -0.640. The second-order valence-electron chi connectivity index (χ2n) is 3.81. The van der Waals surface area contributed by atoms with Crippen molar-refractivity contribution in [2.24, 2.45) is 0 Å². The fraction of sp³-hybridized carbons (Fsp3) is 0.364. The van der Waals surface area contributed by atoms with E-state index in [1.807, 2.05) is 0 Å². The van der Waals surface area contributed by atoms with Crippen LogP contribution in [0.3, 0.4) is 0 Å². The lowest BCUT2D eigenvalue weighted by atomic mass is 10.2. The van der Waals surface area contributed by atoms with E-state index in [0.29, 0.717) is 22.0 Å². The van der Waals surface area contributed by atoms with E-state index in [0.717, 1.165) is 0 Å². The van der Waals surface area contributed by atoms with Crippen LogP contribution in [-0.2, 0) is 10.2 Å². The van der Waals surface area contributed by atoms with E-state index in [1.165, 1.54) is 10.4 Å². The molecule has 0 aliphatic carbocycles. The van der Waals surface area contributed by atoms with Crippen molar-refractivity contribution in [3.05, 3.63) is 26.6 Å². The maximum atomic E-state index is 12.2. The summed E-state index contributed by atoms with van der Waals surface area (Å²) in [6.45, 7) is 4.00. The average molecular weight is 430 g/mol. The lowest BCUT2D eigenvalue weighted by Gasteiger charge is -2.21. The van der Waals surface area contributed by atoms with Gasteiger partial charge >= 0.3 is 16.2 Å². The summed E-state index contributed by atoms with van der Waals surface area (Å²) in [5, 5.41) is 9.17. The van der Waals surface area contributed by atoms with Gasteiger partial charge in [0.05, 0.1) is 11.3 Å². The largest absolute Gasteiger partial charge is 0.478 e. The van der Waals surface area contributed by atoms with Gasteiger partial charge in [-0.05, 0) is 28.1 Å².